The standard InChI is InChI=1S/C14H21N3O2/c1-9-5-6-17(8-13(9)18)14(19)11-3-4-12(16-15)10(2)7-11/h3-4,7,9,13,16,18H,5-6,8,15H2,1-2H3. The lowest BCUT2D eigenvalue weighted by atomic mass is 9.95. The lowest BCUT2D eigenvalue weighted by molar-refractivity contribution is 0.0248. The Kier molecular flexibility index (Phi) is 4.07. The van der Waals surface area contributed by atoms with Crippen molar-refractivity contribution < 1.29 is 9.90 Å². The molecule has 1 fully saturated rings. The summed E-state index contributed by atoms with van der Waals surface area (Å²) in [7, 11) is 0. The molecule has 19 heavy (non-hydrogen) atoms. The van der Waals surface area contributed by atoms with Crippen LogP contribution in [0.3, 0.4) is 0 Å². The molecule has 104 valence electrons. The first-order chi connectivity index (χ1) is 9.02. The van der Waals surface area contributed by atoms with Crippen molar-refractivity contribution in [3.05, 3.63) is 29.3 Å². The molecule has 0 aromatic heterocycles. The number of amides is 1. The number of hydrazine groups is 1. The number of β-amino-alcohol motifs (C(OH)–C–C–N with tert-alkyl or cyclic N) is 1. The highest BCUT2D eigenvalue weighted by Gasteiger charge is 2.27. The van der Waals surface area contributed by atoms with E-state index >= 15 is 0 Å². The molecule has 0 bridgehead atoms. The van der Waals surface area contributed by atoms with Crippen LogP contribution in [0.1, 0.15) is 29.3 Å². The number of likely N-dealkylation sites (tertiary alicyclic amines) is 1. The Labute approximate surface area is 113 Å². The molecule has 1 saturated heterocycles. The fourth-order valence-corrected chi connectivity index (χ4v) is 2.37. The third kappa shape index (κ3) is 2.88. The Bertz CT molecular complexity index is 476. The summed E-state index contributed by atoms with van der Waals surface area (Å²) < 4.78 is 0. The normalized spacial score (nSPS) is 23.3. The summed E-state index contributed by atoms with van der Waals surface area (Å²) in [5, 5.41) is 9.86. The number of nitrogens with two attached hydrogens (primary N) is 1. The number of hydrogen-bond donors (Lipinski definition) is 3. The molecule has 1 amide bonds. The fraction of sp³-hybridized carbons (Fsp3) is 0.500. The lowest BCUT2D eigenvalue weighted by Crippen LogP contribution is -2.45. The van der Waals surface area contributed by atoms with Crippen molar-refractivity contribution in [3.8, 4) is 0 Å². The first-order valence-electron chi connectivity index (χ1n) is 6.57. The molecule has 1 aliphatic rings. The van der Waals surface area contributed by atoms with Crippen LogP contribution in [0.5, 0.6) is 0 Å². The molecule has 0 spiro atoms. The van der Waals surface area contributed by atoms with Crippen molar-refractivity contribution in [2.75, 3.05) is 18.5 Å². The van der Waals surface area contributed by atoms with Crippen molar-refractivity contribution >= 4 is 11.6 Å². The van der Waals surface area contributed by atoms with Crippen molar-refractivity contribution in [2.24, 2.45) is 11.8 Å². The zero-order valence-electron chi connectivity index (χ0n) is 11.4. The average molecular weight is 263 g/mol. The molecule has 2 unspecified atom stereocenters. The maximum atomic E-state index is 12.4. The molecule has 2 rings (SSSR count). The molecule has 1 aliphatic heterocycles. The van der Waals surface area contributed by atoms with Crippen LogP contribution in [0.15, 0.2) is 18.2 Å². The minimum atomic E-state index is -0.427. The summed E-state index contributed by atoms with van der Waals surface area (Å²) in [6.45, 7) is 5.03. The highest BCUT2D eigenvalue weighted by molar-refractivity contribution is 5.95. The maximum absolute atomic E-state index is 12.4. The van der Waals surface area contributed by atoms with Gasteiger partial charge in [-0.3, -0.25) is 10.6 Å². The summed E-state index contributed by atoms with van der Waals surface area (Å²) in [6, 6.07) is 5.38. The van der Waals surface area contributed by atoms with Gasteiger partial charge in [0.15, 0.2) is 0 Å². The molecule has 1 heterocycles. The number of nitrogens with zero attached hydrogens (tertiary/aromatic N) is 1. The number of nitrogens with one attached hydrogen (secondary N) is 1. The van der Waals surface area contributed by atoms with Crippen LogP contribution >= 0.6 is 0 Å². The van der Waals surface area contributed by atoms with E-state index in [4.69, 9.17) is 5.84 Å². The summed E-state index contributed by atoms with van der Waals surface area (Å²) >= 11 is 0. The predicted octanol–water partition coefficient (Wildman–Crippen LogP) is 1.12. The first kappa shape index (κ1) is 13.8. The van der Waals surface area contributed by atoms with E-state index < -0.39 is 6.10 Å². The Morgan fingerprint density at radius 2 is 2.26 bits per heavy atom. The SMILES string of the molecule is Cc1cc(C(=O)N2CCC(C)C(O)C2)ccc1NN. The molecule has 1 aromatic rings. The number of anilines is 1. The van der Waals surface area contributed by atoms with Crippen molar-refractivity contribution in [1.82, 2.24) is 4.90 Å². The van der Waals surface area contributed by atoms with Crippen LogP contribution in [0.25, 0.3) is 0 Å². The quantitative estimate of drug-likeness (QED) is 0.552. The molecule has 0 aliphatic carbocycles. The van der Waals surface area contributed by atoms with Gasteiger partial charge >= 0.3 is 0 Å². The number of hydrogen-bond acceptors (Lipinski definition) is 4. The van der Waals surface area contributed by atoms with Crippen LogP contribution in [0.2, 0.25) is 0 Å². The van der Waals surface area contributed by atoms with Crippen molar-refractivity contribution in [2.45, 2.75) is 26.4 Å². The van der Waals surface area contributed by atoms with E-state index in [-0.39, 0.29) is 11.8 Å². The monoisotopic (exact) mass is 263 g/mol. The Morgan fingerprint density at radius 1 is 1.53 bits per heavy atom. The summed E-state index contributed by atoms with van der Waals surface area (Å²) in [5.41, 5.74) is 4.97. The van der Waals surface area contributed by atoms with Crippen molar-refractivity contribution in [1.29, 1.82) is 0 Å². The van der Waals surface area contributed by atoms with Crippen LogP contribution in [0, 0.1) is 12.8 Å². The van der Waals surface area contributed by atoms with E-state index in [0.29, 0.717) is 18.7 Å². The number of aliphatic hydroxyl groups is 1. The molecule has 0 radical (unpaired) electrons. The third-order valence-electron chi connectivity index (χ3n) is 3.83. The second kappa shape index (κ2) is 5.59. The van der Waals surface area contributed by atoms with Gasteiger partial charge in [0.2, 0.25) is 0 Å². The van der Waals surface area contributed by atoms with Gasteiger partial charge in [-0.05, 0) is 43.0 Å². The molecule has 5 nitrogen and oxygen atoms in total. The highest BCUT2D eigenvalue weighted by atomic mass is 16.3. The van der Waals surface area contributed by atoms with E-state index in [2.05, 4.69) is 5.43 Å². The summed E-state index contributed by atoms with van der Waals surface area (Å²) in [5.74, 6) is 5.60. The average Bonchev–Trinajstić information content (AvgIpc) is 2.41. The van der Waals surface area contributed by atoms with Crippen LogP contribution in [-0.2, 0) is 0 Å². The van der Waals surface area contributed by atoms with Gasteiger partial charge in [0.1, 0.15) is 0 Å². The Balaban J connectivity index is 2.13. The number of aryl methyl sites for hydroxylation is 1. The van der Waals surface area contributed by atoms with Gasteiger partial charge in [-0.2, -0.15) is 0 Å². The van der Waals surface area contributed by atoms with E-state index in [9.17, 15) is 9.90 Å². The molecule has 1 aromatic carbocycles. The number of carbonyl (C=O) groups excluding carboxylic acids is 1. The first-order valence-corrected chi connectivity index (χ1v) is 6.57. The van der Waals surface area contributed by atoms with Gasteiger partial charge in [-0.25, -0.2) is 0 Å². The van der Waals surface area contributed by atoms with Gasteiger partial charge in [-0.15, -0.1) is 0 Å². The topological polar surface area (TPSA) is 78.6 Å². The van der Waals surface area contributed by atoms with Crippen LogP contribution in [-0.4, -0.2) is 35.1 Å². The van der Waals surface area contributed by atoms with Crippen LogP contribution in [0.4, 0.5) is 5.69 Å². The number of aliphatic hydroxyl groups excluding tert-OH is 1. The number of nitrogen functional groups attached to an aromatic ring is 1. The predicted molar refractivity (Wildman–Crippen MR) is 74.7 cm³/mol. The van der Waals surface area contributed by atoms with Crippen molar-refractivity contribution in [3.63, 3.8) is 0 Å². The molecular weight excluding hydrogens is 242 g/mol. The van der Waals surface area contributed by atoms with Gasteiger partial charge in [0.05, 0.1) is 11.8 Å². The van der Waals surface area contributed by atoms with Gasteiger partial charge in [0.25, 0.3) is 5.91 Å². The molecule has 2 atom stereocenters. The molecule has 0 saturated carbocycles. The van der Waals surface area contributed by atoms with Gasteiger partial charge in [0, 0.05) is 18.7 Å². The number of benzene rings is 1. The second-order valence-electron chi connectivity index (χ2n) is 5.26. The summed E-state index contributed by atoms with van der Waals surface area (Å²) in [4.78, 5) is 14.1. The van der Waals surface area contributed by atoms with E-state index in [1.807, 2.05) is 19.9 Å². The highest BCUT2D eigenvalue weighted by Crippen LogP contribution is 2.21. The van der Waals surface area contributed by atoms with E-state index in [1.54, 1.807) is 17.0 Å². The summed E-state index contributed by atoms with van der Waals surface area (Å²) in [6.07, 6.45) is 0.415. The molecule has 4 N–H and O–H groups in total. The fourth-order valence-electron chi connectivity index (χ4n) is 2.37. The van der Waals surface area contributed by atoms with Crippen LogP contribution < -0.4 is 11.3 Å². The number of rotatable bonds is 2. The molecule has 5 heteroatoms. The number of carbonyl (C=O) groups is 1. The zero-order chi connectivity index (χ0) is 14.0. The number of piperidine rings is 1. The smallest absolute Gasteiger partial charge is 0.253 e. The maximum Gasteiger partial charge on any atom is 0.253 e. The largest absolute Gasteiger partial charge is 0.391 e. The minimum Gasteiger partial charge on any atom is -0.391 e. The van der Waals surface area contributed by atoms with E-state index in [0.717, 1.165) is 17.7 Å². The Morgan fingerprint density at radius 3 is 2.84 bits per heavy atom. The minimum absolute atomic E-state index is 0.0300. The zero-order valence-corrected chi connectivity index (χ0v) is 11.4. The van der Waals surface area contributed by atoms with E-state index in [1.165, 1.54) is 0 Å². The van der Waals surface area contributed by atoms with Gasteiger partial charge < -0.3 is 15.4 Å². The Hall–Kier alpha value is -1.59. The lowest BCUT2D eigenvalue weighted by Gasteiger charge is -2.34. The third-order valence-corrected chi connectivity index (χ3v) is 3.83. The second-order valence-corrected chi connectivity index (χ2v) is 5.26. The van der Waals surface area contributed by atoms with Gasteiger partial charge in [-0.1, -0.05) is 6.92 Å². The molecular formula is C14H21N3O2.